The van der Waals surface area contributed by atoms with Crippen LogP contribution in [0, 0.1) is 0 Å². The lowest BCUT2D eigenvalue weighted by Crippen LogP contribution is -2.16. The van der Waals surface area contributed by atoms with Crippen molar-refractivity contribution in [2.75, 3.05) is 7.11 Å². The summed E-state index contributed by atoms with van der Waals surface area (Å²) in [5.74, 6) is 0.905. The largest absolute Gasteiger partial charge is 0.497 e. The zero-order valence-electron chi connectivity index (χ0n) is 13.4. The van der Waals surface area contributed by atoms with Gasteiger partial charge in [-0.25, -0.2) is 0 Å². The fraction of sp³-hybridized carbons (Fsp3) is 0.444. The number of aromatic nitrogens is 1. The number of hydrogen-bond donors (Lipinski definition) is 1. The lowest BCUT2D eigenvalue weighted by atomic mass is 10.2. The van der Waals surface area contributed by atoms with Crippen LogP contribution in [0.25, 0.3) is 0 Å². The Kier molecular flexibility index (Phi) is 5.88. The predicted octanol–water partition coefficient (Wildman–Crippen LogP) is 3.76. The maximum Gasteiger partial charge on any atom is 0.118 e. The zero-order valence-corrected chi connectivity index (χ0v) is 13.4. The molecule has 0 aliphatic rings. The van der Waals surface area contributed by atoms with Gasteiger partial charge in [-0.2, -0.15) is 0 Å². The molecule has 0 fully saturated rings. The molecule has 0 aliphatic heterocycles. The van der Waals surface area contributed by atoms with Gasteiger partial charge in [-0.15, -0.1) is 0 Å². The minimum absolute atomic E-state index is 0.877. The lowest BCUT2D eigenvalue weighted by molar-refractivity contribution is 0.414. The molecule has 3 nitrogen and oxygen atoms in total. The van der Waals surface area contributed by atoms with Crippen LogP contribution >= 0.6 is 0 Å². The van der Waals surface area contributed by atoms with Crippen molar-refractivity contribution in [3.8, 4) is 5.75 Å². The Hall–Kier alpha value is -1.74. The standard InChI is InChI=1S/C18H26N2O/c1-4-6-16-9-10-17(20(16)5-2)14-19-13-15-7-11-18(21-3)12-8-15/h7-12,19H,4-6,13-14H2,1-3H3. The van der Waals surface area contributed by atoms with Gasteiger partial charge in [0.1, 0.15) is 5.75 Å². The molecule has 1 heterocycles. The highest BCUT2D eigenvalue weighted by atomic mass is 16.5. The summed E-state index contributed by atoms with van der Waals surface area (Å²) in [6, 6.07) is 12.7. The fourth-order valence-corrected chi connectivity index (χ4v) is 2.67. The Labute approximate surface area is 127 Å². The van der Waals surface area contributed by atoms with Crippen molar-refractivity contribution in [1.29, 1.82) is 0 Å². The van der Waals surface area contributed by atoms with Gasteiger partial charge in [-0.1, -0.05) is 25.5 Å². The SMILES string of the molecule is CCCc1ccc(CNCc2ccc(OC)cc2)n1CC. The smallest absolute Gasteiger partial charge is 0.118 e. The van der Waals surface area contributed by atoms with Crippen LogP contribution < -0.4 is 10.1 Å². The zero-order chi connectivity index (χ0) is 15.1. The minimum Gasteiger partial charge on any atom is -0.497 e. The normalized spacial score (nSPS) is 10.8. The molecule has 2 rings (SSSR count). The third-order valence-corrected chi connectivity index (χ3v) is 3.78. The van der Waals surface area contributed by atoms with Gasteiger partial charge in [0.2, 0.25) is 0 Å². The van der Waals surface area contributed by atoms with Gasteiger partial charge in [-0.3, -0.25) is 0 Å². The number of ether oxygens (including phenoxy) is 1. The summed E-state index contributed by atoms with van der Waals surface area (Å²) in [4.78, 5) is 0. The summed E-state index contributed by atoms with van der Waals surface area (Å²) in [6.07, 6.45) is 2.36. The first-order valence-corrected chi connectivity index (χ1v) is 7.79. The molecule has 0 saturated heterocycles. The first kappa shape index (κ1) is 15.6. The number of hydrogen-bond acceptors (Lipinski definition) is 2. The molecule has 1 aromatic heterocycles. The summed E-state index contributed by atoms with van der Waals surface area (Å²) >= 11 is 0. The Bertz CT molecular complexity index is 543. The quantitative estimate of drug-likeness (QED) is 0.799. The van der Waals surface area contributed by atoms with Crippen LogP contribution in [0.4, 0.5) is 0 Å². The maximum atomic E-state index is 5.18. The molecular weight excluding hydrogens is 260 g/mol. The molecule has 0 unspecified atom stereocenters. The second-order valence-corrected chi connectivity index (χ2v) is 5.26. The Morgan fingerprint density at radius 1 is 0.952 bits per heavy atom. The van der Waals surface area contributed by atoms with E-state index in [4.69, 9.17) is 4.74 Å². The van der Waals surface area contributed by atoms with Gasteiger partial charge in [-0.05, 0) is 43.2 Å². The molecule has 114 valence electrons. The summed E-state index contributed by atoms with van der Waals surface area (Å²) < 4.78 is 7.60. The van der Waals surface area contributed by atoms with E-state index in [1.165, 1.54) is 23.4 Å². The Morgan fingerprint density at radius 3 is 2.29 bits per heavy atom. The number of methoxy groups -OCH3 is 1. The van der Waals surface area contributed by atoms with E-state index in [0.29, 0.717) is 0 Å². The molecule has 21 heavy (non-hydrogen) atoms. The van der Waals surface area contributed by atoms with Crippen molar-refractivity contribution >= 4 is 0 Å². The molecule has 2 aromatic rings. The Balaban J connectivity index is 1.90. The van der Waals surface area contributed by atoms with Gasteiger partial charge in [0, 0.05) is 31.0 Å². The van der Waals surface area contributed by atoms with Crippen molar-refractivity contribution in [2.24, 2.45) is 0 Å². The molecule has 3 heteroatoms. The third-order valence-electron chi connectivity index (χ3n) is 3.78. The second-order valence-electron chi connectivity index (χ2n) is 5.26. The first-order chi connectivity index (χ1) is 10.3. The lowest BCUT2D eigenvalue weighted by Gasteiger charge is -2.12. The van der Waals surface area contributed by atoms with Crippen LogP contribution in [-0.4, -0.2) is 11.7 Å². The van der Waals surface area contributed by atoms with Gasteiger partial charge in [0.05, 0.1) is 7.11 Å². The molecular formula is C18H26N2O. The van der Waals surface area contributed by atoms with Crippen LogP contribution in [0.3, 0.4) is 0 Å². The van der Waals surface area contributed by atoms with Gasteiger partial charge in [0.15, 0.2) is 0 Å². The minimum atomic E-state index is 0.877. The van der Waals surface area contributed by atoms with E-state index >= 15 is 0 Å². The summed E-state index contributed by atoms with van der Waals surface area (Å²) in [7, 11) is 1.69. The van der Waals surface area contributed by atoms with E-state index in [1.54, 1.807) is 7.11 Å². The van der Waals surface area contributed by atoms with Gasteiger partial charge >= 0.3 is 0 Å². The molecule has 0 aliphatic carbocycles. The predicted molar refractivity (Wildman–Crippen MR) is 87.6 cm³/mol. The average Bonchev–Trinajstić information content (AvgIpc) is 2.90. The van der Waals surface area contributed by atoms with Crippen LogP contribution in [0.15, 0.2) is 36.4 Å². The summed E-state index contributed by atoms with van der Waals surface area (Å²) in [5.41, 5.74) is 4.09. The monoisotopic (exact) mass is 286 g/mol. The highest BCUT2D eigenvalue weighted by Gasteiger charge is 2.05. The molecule has 0 radical (unpaired) electrons. The molecule has 0 spiro atoms. The highest BCUT2D eigenvalue weighted by Crippen LogP contribution is 2.13. The van der Waals surface area contributed by atoms with Crippen LogP contribution in [0.1, 0.15) is 37.2 Å². The number of nitrogens with zero attached hydrogens (tertiary/aromatic N) is 1. The van der Waals surface area contributed by atoms with Crippen molar-refractivity contribution in [2.45, 2.75) is 46.3 Å². The van der Waals surface area contributed by atoms with Crippen molar-refractivity contribution in [3.05, 3.63) is 53.3 Å². The van der Waals surface area contributed by atoms with E-state index in [1.807, 2.05) is 12.1 Å². The van der Waals surface area contributed by atoms with E-state index < -0.39 is 0 Å². The maximum absolute atomic E-state index is 5.18. The summed E-state index contributed by atoms with van der Waals surface area (Å²) in [5, 5.41) is 3.52. The van der Waals surface area contributed by atoms with Gasteiger partial charge in [0.25, 0.3) is 0 Å². The summed E-state index contributed by atoms with van der Waals surface area (Å²) in [6.45, 7) is 7.27. The molecule has 1 aromatic carbocycles. The molecule has 0 atom stereocenters. The Morgan fingerprint density at radius 2 is 1.67 bits per heavy atom. The molecule has 0 bridgehead atoms. The first-order valence-electron chi connectivity index (χ1n) is 7.79. The number of aryl methyl sites for hydroxylation is 1. The van der Waals surface area contributed by atoms with Crippen molar-refractivity contribution in [3.63, 3.8) is 0 Å². The molecule has 1 N–H and O–H groups in total. The topological polar surface area (TPSA) is 26.2 Å². The van der Waals surface area contributed by atoms with Crippen LogP contribution in [0.2, 0.25) is 0 Å². The second kappa shape index (κ2) is 7.89. The number of nitrogens with one attached hydrogen (secondary N) is 1. The molecule has 0 amide bonds. The van der Waals surface area contributed by atoms with E-state index in [9.17, 15) is 0 Å². The number of rotatable bonds is 8. The van der Waals surface area contributed by atoms with Crippen LogP contribution in [-0.2, 0) is 26.1 Å². The van der Waals surface area contributed by atoms with Crippen molar-refractivity contribution in [1.82, 2.24) is 9.88 Å². The fourth-order valence-electron chi connectivity index (χ4n) is 2.67. The van der Waals surface area contributed by atoms with Crippen molar-refractivity contribution < 1.29 is 4.74 Å². The van der Waals surface area contributed by atoms with E-state index in [0.717, 1.165) is 31.8 Å². The van der Waals surface area contributed by atoms with E-state index in [2.05, 4.69) is 48.0 Å². The van der Waals surface area contributed by atoms with Gasteiger partial charge < -0.3 is 14.6 Å². The number of benzene rings is 1. The highest BCUT2D eigenvalue weighted by molar-refractivity contribution is 5.27. The third kappa shape index (κ3) is 4.11. The van der Waals surface area contributed by atoms with E-state index in [-0.39, 0.29) is 0 Å². The molecule has 0 saturated carbocycles. The van der Waals surface area contributed by atoms with Crippen LogP contribution in [0.5, 0.6) is 5.75 Å². The average molecular weight is 286 g/mol.